The molecule has 0 heterocycles. The summed E-state index contributed by atoms with van der Waals surface area (Å²) in [5, 5.41) is 14.1. The van der Waals surface area contributed by atoms with Crippen molar-refractivity contribution in [3.05, 3.63) is 24.3 Å². The maximum Gasteiger partial charge on any atom is 0.326 e. The number of nitrogens with one attached hydrogen (secondary N) is 2. The SMILES string of the molecule is CCCC[C@H](NC(=O)Nc1ccc(OC)cc1)C(=O)O. The Hall–Kier alpha value is -2.24. The van der Waals surface area contributed by atoms with Gasteiger partial charge in [-0.3, -0.25) is 0 Å². The van der Waals surface area contributed by atoms with Crippen molar-refractivity contribution in [2.75, 3.05) is 12.4 Å². The van der Waals surface area contributed by atoms with E-state index in [1.54, 1.807) is 31.4 Å². The molecule has 3 N–H and O–H groups in total. The maximum atomic E-state index is 11.7. The fourth-order valence-electron chi connectivity index (χ4n) is 1.67. The molecule has 0 saturated carbocycles. The van der Waals surface area contributed by atoms with Crippen LogP contribution in [0.25, 0.3) is 0 Å². The van der Waals surface area contributed by atoms with Gasteiger partial charge in [-0.2, -0.15) is 0 Å². The minimum Gasteiger partial charge on any atom is -0.497 e. The van der Waals surface area contributed by atoms with Crippen molar-refractivity contribution < 1.29 is 19.4 Å². The number of ether oxygens (including phenoxy) is 1. The van der Waals surface area contributed by atoms with Gasteiger partial charge in [-0.15, -0.1) is 0 Å². The number of methoxy groups -OCH3 is 1. The predicted molar refractivity (Wildman–Crippen MR) is 76.1 cm³/mol. The van der Waals surface area contributed by atoms with Crippen LogP contribution in [0.5, 0.6) is 5.75 Å². The van der Waals surface area contributed by atoms with E-state index in [9.17, 15) is 9.59 Å². The summed E-state index contributed by atoms with van der Waals surface area (Å²) in [5.41, 5.74) is 0.572. The second-order valence-corrected chi connectivity index (χ2v) is 4.36. The summed E-state index contributed by atoms with van der Waals surface area (Å²) in [7, 11) is 1.56. The Balaban J connectivity index is 2.53. The van der Waals surface area contributed by atoms with Gasteiger partial charge in [0.1, 0.15) is 11.8 Å². The molecule has 0 unspecified atom stereocenters. The summed E-state index contributed by atoms with van der Waals surface area (Å²) >= 11 is 0. The van der Waals surface area contributed by atoms with E-state index in [4.69, 9.17) is 9.84 Å². The van der Waals surface area contributed by atoms with Gasteiger partial charge in [-0.25, -0.2) is 9.59 Å². The molecule has 0 saturated heterocycles. The molecule has 0 aliphatic carbocycles. The Labute approximate surface area is 118 Å². The van der Waals surface area contributed by atoms with Crippen LogP contribution >= 0.6 is 0 Å². The third-order valence-corrected chi connectivity index (χ3v) is 2.80. The number of unbranched alkanes of at least 4 members (excludes halogenated alkanes) is 1. The van der Waals surface area contributed by atoms with E-state index in [0.717, 1.165) is 12.8 Å². The Morgan fingerprint density at radius 2 is 1.95 bits per heavy atom. The molecule has 110 valence electrons. The van der Waals surface area contributed by atoms with Gasteiger partial charge in [0.25, 0.3) is 0 Å². The number of urea groups is 1. The van der Waals surface area contributed by atoms with Crippen LogP contribution in [0.2, 0.25) is 0 Å². The van der Waals surface area contributed by atoms with Gasteiger partial charge >= 0.3 is 12.0 Å². The van der Waals surface area contributed by atoms with E-state index in [0.29, 0.717) is 17.9 Å². The smallest absolute Gasteiger partial charge is 0.326 e. The van der Waals surface area contributed by atoms with Crippen LogP contribution in [0.15, 0.2) is 24.3 Å². The number of anilines is 1. The zero-order valence-corrected chi connectivity index (χ0v) is 11.7. The number of carbonyl (C=O) groups is 2. The van der Waals surface area contributed by atoms with Gasteiger partial charge < -0.3 is 20.5 Å². The molecular formula is C14H20N2O4. The minimum absolute atomic E-state index is 0.419. The molecule has 0 aliphatic rings. The molecule has 1 aromatic rings. The first kappa shape index (κ1) is 15.8. The number of carboxylic acids is 1. The summed E-state index contributed by atoms with van der Waals surface area (Å²) in [4.78, 5) is 22.7. The molecule has 0 aromatic heterocycles. The third-order valence-electron chi connectivity index (χ3n) is 2.80. The summed E-state index contributed by atoms with van der Waals surface area (Å²) < 4.78 is 5.01. The highest BCUT2D eigenvalue weighted by Crippen LogP contribution is 2.14. The van der Waals surface area contributed by atoms with Crippen LogP contribution in [0, 0.1) is 0 Å². The van der Waals surface area contributed by atoms with E-state index in [1.807, 2.05) is 6.92 Å². The summed E-state index contributed by atoms with van der Waals surface area (Å²) in [6, 6.07) is 5.38. The number of benzene rings is 1. The lowest BCUT2D eigenvalue weighted by molar-refractivity contribution is -0.139. The first-order valence-corrected chi connectivity index (χ1v) is 6.51. The molecule has 1 aromatic carbocycles. The molecule has 2 amide bonds. The highest BCUT2D eigenvalue weighted by Gasteiger charge is 2.18. The Bertz CT molecular complexity index is 445. The Morgan fingerprint density at radius 3 is 2.45 bits per heavy atom. The highest BCUT2D eigenvalue weighted by atomic mass is 16.5. The zero-order chi connectivity index (χ0) is 15.0. The lowest BCUT2D eigenvalue weighted by Gasteiger charge is -2.14. The van der Waals surface area contributed by atoms with Gasteiger partial charge in [-0.1, -0.05) is 19.8 Å². The van der Waals surface area contributed by atoms with Gasteiger partial charge in [0, 0.05) is 5.69 Å². The lowest BCUT2D eigenvalue weighted by Crippen LogP contribution is -2.42. The van der Waals surface area contributed by atoms with Crippen molar-refractivity contribution in [1.29, 1.82) is 0 Å². The average molecular weight is 280 g/mol. The van der Waals surface area contributed by atoms with Crippen LogP contribution < -0.4 is 15.4 Å². The zero-order valence-electron chi connectivity index (χ0n) is 11.7. The second-order valence-electron chi connectivity index (χ2n) is 4.36. The molecule has 20 heavy (non-hydrogen) atoms. The van der Waals surface area contributed by atoms with Crippen molar-refractivity contribution in [1.82, 2.24) is 5.32 Å². The van der Waals surface area contributed by atoms with Gasteiger partial charge in [0.15, 0.2) is 0 Å². The monoisotopic (exact) mass is 280 g/mol. The van der Waals surface area contributed by atoms with Crippen LogP contribution in [-0.4, -0.2) is 30.3 Å². The standard InChI is InChI=1S/C14H20N2O4/c1-3-4-5-12(13(17)18)16-14(19)15-10-6-8-11(20-2)9-7-10/h6-9,12H,3-5H2,1-2H3,(H,17,18)(H2,15,16,19)/t12-/m0/s1. The quantitative estimate of drug-likeness (QED) is 0.716. The third kappa shape index (κ3) is 5.17. The van der Waals surface area contributed by atoms with Crippen molar-refractivity contribution in [2.45, 2.75) is 32.2 Å². The molecule has 0 spiro atoms. The van der Waals surface area contributed by atoms with Crippen LogP contribution in [0.3, 0.4) is 0 Å². The minimum atomic E-state index is -1.02. The molecule has 1 rings (SSSR count). The fourth-order valence-corrected chi connectivity index (χ4v) is 1.67. The van der Waals surface area contributed by atoms with E-state index in [-0.39, 0.29) is 0 Å². The van der Waals surface area contributed by atoms with E-state index < -0.39 is 18.0 Å². The van der Waals surface area contributed by atoms with Crippen molar-refractivity contribution in [3.63, 3.8) is 0 Å². The number of carboxylic acid groups (broad SMARTS) is 1. The number of hydrogen-bond donors (Lipinski definition) is 3. The Morgan fingerprint density at radius 1 is 1.30 bits per heavy atom. The molecule has 6 nitrogen and oxygen atoms in total. The molecule has 0 bridgehead atoms. The second kappa shape index (κ2) is 8.04. The average Bonchev–Trinajstić information content (AvgIpc) is 2.44. The van der Waals surface area contributed by atoms with E-state index in [1.165, 1.54) is 0 Å². The number of aliphatic carboxylic acids is 1. The number of hydrogen-bond acceptors (Lipinski definition) is 3. The summed E-state index contributed by atoms with van der Waals surface area (Å²) in [5.74, 6) is -0.342. The maximum absolute atomic E-state index is 11.7. The normalized spacial score (nSPS) is 11.5. The van der Waals surface area contributed by atoms with Crippen LogP contribution in [0.4, 0.5) is 10.5 Å². The summed E-state index contributed by atoms with van der Waals surface area (Å²) in [6.45, 7) is 1.97. The number of carbonyl (C=O) groups excluding carboxylic acids is 1. The number of rotatable bonds is 7. The van der Waals surface area contributed by atoms with E-state index in [2.05, 4.69) is 10.6 Å². The fraction of sp³-hybridized carbons (Fsp3) is 0.429. The van der Waals surface area contributed by atoms with E-state index >= 15 is 0 Å². The van der Waals surface area contributed by atoms with Crippen LogP contribution in [0.1, 0.15) is 26.2 Å². The Kier molecular flexibility index (Phi) is 6.36. The van der Waals surface area contributed by atoms with Crippen molar-refractivity contribution in [3.8, 4) is 5.75 Å². The molecular weight excluding hydrogens is 260 g/mol. The lowest BCUT2D eigenvalue weighted by atomic mass is 10.1. The van der Waals surface area contributed by atoms with Gasteiger partial charge in [-0.05, 0) is 30.7 Å². The first-order valence-electron chi connectivity index (χ1n) is 6.51. The predicted octanol–water partition coefficient (Wildman–Crippen LogP) is 2.46. The van der Waals surface area contributed by atoms with Crippen molar-refractivity contribution in [2.24, 2.45) is 0 Å². The first-order chi connectivity index (χ1) is 9.56. The topological polar surface area (TPSA) is 87.7 Å². The molecule has 0 radical (unpaired) electrons. The molecule has 0 fully saturated rings. The van der Waals surface area contributed by atoms with Gasteiger partial charge in [0.2, 0.25) is 0 Å². The largest absolute Gasteiger partial charge is 0.497 e. The van der Waals surface area contributed by atoms with Crippen molar-refractivity contribution >= 4 is 17.7 Å². The summed E-state index contributed by atoms with van der Waals surface area (Å²) in [6.07, 6.45) is 2.05. The molecule has 0 aliphatic heterocycles. The van der Waals surface area contributed by atoms with Crippen LogP contribution in [-0.2, 0) is 4.79 Å². The highest BCUT2D eigenvalue weighted by molar-refractivity contribution is 5.92. The number of amides is 2. The van der Waals surface area contributed by atoms with Gasteiger partial charge in [0.05, 0.1) is 7.11 Å². The molecule has 1 atom stereocenters. The molecule has 6 heteroatoms.